The van der Waals surface area contributed by atoms with Crippen molar-refractivity contribution in [1.82, 2.24) is 9.71 Å². The van der Waals surface area contributed by atoms with Crippen LogP contribution < -0.4 is 4.72 Å². The van der Waals surface area contributed by atoms with Crippen molar-refractivity contribution in [2.45, 2.75) is 44.0 Å². The lowest BCUT2D eigenvalue weighted by molar-refractivity contribution is 0.0690. The van der Waals surface area contributed by atoms with E-state index in [-0.39, 0.29) is 27.8 Å². The summed E-state index contributed by atoms with van der Waals surface area (Å²) in [6.07, 6.45) is 2.10. The summed E-state index contributed by atoms with van der Waals surface area (Å²) in [4.78, 5) is 13.6. The fraction of sp³-hybridized carbons (Fsp3) is 0.538. The first-order valence-corrected chi connectivity index (χ1v) is 8.10. The van der Waals surface area contributed by atoms with E-state index in [2.05, 4.69) is 15.8 Å². The molecule has 1 fully saturated rings. The number of hydrogen-bond acceptors (Lipinski definition) is 4. The number of carboxylic acid groups (broad SMARTS) is 1. The summed E-state index contributed by atoms with van der Waals surface area (Å²) in [5.74, 6) is -1.54. The Kier molecular flexibility index (Phi) is 4.07. The van der Waals surface area contributed by atoms with Gasteiger partial charge in [-0.15, -0.1) is 0 Å². The highest BCUT2D eigenvalue weighted by atomic mass is 32.2. The van der Waals surface area contributed by atoms with Crippen LogP contribution in [0.2, 0.25) is 0 Å². The van der Waals surface area contributed by atoms with Crippen molar-refractivity contribution < 1.29 is 18.3 Å². The second-order valence-electron chi connectivity index (χ2n) is 5.28. The van der Waals surface area contributed by atoms with Crippen molar-refractivity contribution in [3.05, 3.63) is 17.0 Å². The smallest absolute Gasteiger partial charge is 0.352 e. The lowest BCUT2D eigenvalue weighted by atomic mass is 10.1. The zero-order valence-electron chi connectivity index (χ0n) is 11.8. The highest BCUT2D eigenvalue weighted by molar-refractivity contribution is 7.89. The maximum absolute atomic E-state index is 12.5. The molecule has 7 nitrogen and oxygen atoms in total. The van der Waals surface area contributed by atoms with Crippen LogP contribution in [0.25, 0.3) is 0 Å². The molecule has 0 amide bonds. The molecule has 0 saturated heterocycles. The van der Waals surface area contributed by atoms with Gasteiger partial charge in [0.1, 0.15) is 10.6 Å². The quantitative estimate of drug-likeness (QED) is 0.773. The van der Waals surface area contributed by atoms with Crippen LogP contribution in [0.5, 0.6) is 0 Å². The Morgan fingerprint density at radius 3 is 2.62 bits per heavy atom. The number of aromatic nitrogens is 1. The van der Waals surface area contributed by atoms with Gasteiger partial charge in [-0.2, -0.15) is 5.26 Å². The highest BCUT2D eigenvalue weighted by Gasteiger charge is 2.34. The van der Waals surface area contributed by atoms with E-state index in [0.29, 0.717) is 12.8 Å². The number of carbonyl (C=O) groups is 1. The molecule has 0 aliphatic heterocycles. The van der Waals surface area contributed by atoms with Crippen molar-refractivity contribution >= 4 is 16.0 Å². The van der Waals surface area contributed by atoms with Crippen molar-refractivity contribution in [3.63, 3.8) is 0 Å². The van der Waals surface area contributed by atoms with E-state index in [0.717, 1.165) is 6.42 Å². The molecule has 114 valence electrons. The van der Waals surface area contributed by atoms with Crippen molar-refractivity contribution in [3.8, 4) is 6.07 Å². The number of H-pyrrole nitrogens is 1. The Labute approximate surface area is 123 Å². The van der Waals surface area contributed by atoms with Crippen molar-refractivity contribution in [2.24, 2.45) is 5.92 Å². The molecule has 2 unspecified atom stereocenters. The number of carboxylic acids is 1. The predicted molar refractivity (Wildman–Crippen MR) is 74.3 cm³/mol. The van der Waals surface area contributed by atoms with Gasteiger partial charge >= 0.3 is 5.97 Å². The minimum absolute atomic E-state index is 0.0384. The Morgan fingerprint density at radius 1 is 1.43 bits per heavy atom. The molecule has 1 aromatic heterocycles. The minimum atomic E-state index is -3.86. The molecule has 1 aliphatic rings. The fourth-order valence-electron chi connectivity index (χ4n) is 2.86. The highest BCUT2D eigenvalue weighted by Crippen LogP contribution is 2.28. The van der Waals surface area contributed by atoms with E-state index < -0.39 is 22.0 Å². The van der Waals surface area contributed by atoms with Crippen LogP contribution >= 0.6 is 0 Å². The summed E-state index contributed by atoms with van der Waals surface area (Å²) < 4.78 is 27.5. The number of nitrogens with one attached hydrogen (secondary N) is 2. The van der Waals surface area contributed by atoms with E-state index in [1.165, 1.54) is 13.8 Å². The third kappa shape index (κ3) is 2.80. The van der Waals surface area contributed by atoms with E-state index in [4.69, 9.17) is 10.4 Å². The van der Waals surface area contributed by atoms with Crippen LogP contribution in [0, 0.1) is 31.1 Å². The van der Waals surface area contributed by atoms with E-state index in [1.54, 1.807) is 0 Å². The van der Waals surface area contributed by atoms with Gasteiger partial charge in [0.2, 0.25) is 10.0 Å². The number of aromatic amines is 1. The lowest BCUT2D eigenvalue weighted by Gasteiger charge is -2.16. The molecule has 0 aromatic carbocycles. The number of nitrogens with zero attached hydrogens (tertiary/aromatic N) is 1. The zero-order valence-corrected chi connectivity index (χ0v) is 12.6. The van der Waals surface area contributed by atoms with Gasteiger partial charge in [0, 0.05) is 17.3 Å². The number of aromatic carboxylic acids is 1. The van der Waals surface area contributed by atoms with Gasteiger partial charge in [-0.05, 0) is 26.7 Å². The molecule has 1 aromatic rings. The van der Waals surface area contributed by atoms with Gasteiger partial charge in [-0.1, -0.05) is 6.42 Å². The van der Waals surface area contributed by atoms with E-state index in [9.17, 15) is 13.2 Å². The molecule has 2 rings (SSSR count). The Bertz CT molecular complexity index is 715. The number of nitriles is 1. The van der Waals surface area contributed by atoms with Gasteiger partial charge in [-0.3, -0.25) is 0 Å². The zero-order chi connectivity index (χ0) is 15.8. The van der Waals surface area contributed by atoms with Gasteiger partial charge in [0.25, 0.3) is 0 Å². The summed E-state index contributed by atoms with van der Waals surface area (Å²) in [7, 11) is -3.86. The molecule has 0 bridgehead atoms. The van der Waals surface area contributed by atoms with Crippen molar-refractivity contribution in [2.75, 3.05) is 0 Å². The maximum Gasteiger partial charge on any atom is 0.352 e. The first-order valence-electron chi connectivity index (χ1n) is 6.62. The second kappa shape index (κ2) is 5.50. The van der Waals surface area contributed by atoms with Crippen LogP contribution in [-0.2, 0) is 10.0 Å². The standard InChI is InChI=1S/C13H17N3O4S/c1-7-11(13(17)18)15-8(2)12(7)21(19,20)16-10-5-3-4-9(10)6-14/h9-10,15-16H,3-5H2,1-2H3,(H,17,18). The molecule has 3 N–H and O–H groups in total. The fourth-order valence-corrected chi connectivity index (χ4v) is 4.62. The van der Waals surface area contributed by atoms with Crippen LogP contribution in [0.1, 0.15) is 41.0 Å². The average Bonchev–Trinajstić information content (AvgIpc) is 2.93. The second-order valence-corrected chi connectivity index (χ2v) is 6.93. The van der Waals surface area contributed by atoms with Crippen LogP contribution in [0.3, 0.4) is 0 Å². The summed E-state index contributed by atoms with van der Waals surface area (Å²) in [5, 5.41) is 18.1. The third-order valence-corrected chi connectivity index (χ3v) is 5.60. The molecule has 1 saturated carbocycles. The molecule has 8 heteroatoms. The molecule has 0 spiro atoms. The Balaban J connectivity index is 2.37. The van der Waals surface area contributed by atoms with Gasteiger partial charge < -0.3 is 10.1 Å². The van der Waals surface area contributed by atoms with Gasteiger partial charge in [0.05, 0.1) is 12.0 Å². The molecule has 0 radical (unpaired) electrons. The van der Waals surface area contributed by atoms with Crippen LogP contribution in [-0.4, -0.2) is 30.5 Å². The summed E-state index contributed by atoms with van der Waals surface area (Å²) in [5.41, 5.74) is 0.332. The topological polar surface area (TPSA) is 123 Å². The van der Waals surface area contributed by atoms with E-state index >= 15 is 0 Å². The first kappa shape index (κ1) is 15.5. The average molecular weight is 311 g/mol. The minimum Gasteiger partial charge on any atom is -0.477 e. The molecule has 1 heterocycles. The monoisotopic (exact) mass is 311 g/mol. The number of sulfonamides is 1. The molecule has 2 atom stereocenters. The number of rotatable bonds is 4. The predicted octanol–water partition coefficient (Wildman–Crippen LogP) is 1.30. The largest absolute Gasteiger partial charge is 0.477 e. The molecular formula is C13H17N3O4S. The van der Waals surface area contributed by atoms with Crippen LogP contribution in [0.15, 0.2) is 4.90 Å². The van der Waals surface area contributed by atoms with Gasteiger partial charge in [0.15, 0.2) is 0 Å². The molecule has 21 heavy (non-hydrogen) atoms. The van der Waals surface area contributed by atoms with Gasteiger partial charge in [-0.25, -0.2) is 17.9 Å². The van der Waals surface area contributed by atoms with Crippen LogP contribution in [0.4, 0.5) is 0 Å². The SMILES string of the molecule is Cc1[nH]c(C(=O)O)c(C)c1S(=O)(=O)NC1CCCC1C#N. The first-order chi connectivity index (χ1) is 9.77. The summed E-state index contributed by atoms with van der Waals surface area (Å²) in [6, 6.07) is 1.70. The normalized spacial score (nSPS) is 22.1. The molecule has 1 aliphatic carbocycles. The summed E-state index contributed by atoms with van der Waals surface area (Å²) >= 11 is 0. The third-order valence-electron chi connectivity index (χ3n) is 3.84. The number of aryl methyl sites for hydroxylation is 1. The molecular weight excluding hydrogens is 294 g/mol. The summed E-state index contributed by atoms with van der Waals surface area (Å²) in [6.45, 7) is 2.97. The maximum atomic E-state index is 12.5. The van der Waals surface area contributed by atoms with E-state index in [1.807, 2.05) is 0 Å². The lowest BCUT2D eigenvalue weighted by Crippen LogP contribution is -2.37. The van der Waals surface area contributed by atoms with Crippen molar-refractivity contribution in [1.29, 1.82) is 5.26 Å². The Hall–Kier alpha value is -1.85. The Morgan fingerprint density at radius 2 is 2.10 bits per heavy atom. The number of hydrogen-bond donors (Lipinski definition) is 3.